The van der Waals surface area contributed by atoms with Crippen LogP contribution in [-0.4, -0.2) is 15.9 Å². The van der Waals surface area contributed by atoms with Gasteiger partial charge in [-0.25, -0.2) is 9.37 Å². The maximum atomic E-state index is 13.8. The molecule has 0 saturated carbocycles. The summed E-state index contributed by atoms with van der Waals surface area (Å²) in [5.74, 6) is -0.608. The van der Waals surface area contributed by atoms with Crippen LogP contribution in [0.1, 0.15) is 20.9 Å². The van der Waals surface area contributed by atoms with Gasteiger partial charge in [-0.1, -0.05) is 12.1 Å². The molecule has 1 aromatic carbocycles. The number of hydrogen-bond donors (Lipinski definition) is 1. The second-order valence-electron chi connectivity index (χ2n) is 4.94. The second kappa shape index (κ2) is 6.66. The average Bonchev–Trinajstić information content (AvgIpc) is 2.96. The highest BCUT2D eigenvalue weighted by atomic mass is 32.1. The molecule has 0 saturated heterocycles. The molecule has 1 N–H and O–H groups in total. The van der Waals surface area contributed by atoms with Gasteiger partial charge in [-0.2, -0.15) is 0 Å². The first-order valence-electron chi connectivity index (χ1n) is 7.04. The lowest BCUT2D eigenvalue weighted by molar-refractivity contribution is 0.0946. The van der Waals surface area contributed by atoms with Crippen LogP contribution in [0, 0.1) is 12.7 Å². The van der Waals surface area contributed by atoms with Crippen molar-refractivity contribution >= 4 is 17.2 Å². The molecule has 4 nitrogen and oxygen atoms in total. The summed E-state index contributed by atoms with van der Waals surface area (Å²) < 4.78 is 13.8. The third-order valence-corrected chi connectivity index (χ3v) is 4.32. The molecule has 3 rings (SSSR count). The fourth-order valence-electron chi connectivity index (χ4n) is 2.12. The van der Waals surface area contributed by atoms with E-state index >= 15 is 0 Å². The van der Waals surface area contributed by atoms with Crippen molar-refractivity contribution in [1.82, 2.24) is 15.3 Å². The maximum absolute atomic E-state index is 13.8. The molecule has 0 aliphatic carbocycles. The Bertz CT molecular complexity index is 833. The molecule has 116 valence electrons. The zero-order valence-electron chi connectivity index (χ0n) is 12.4. The first kappa shape index (κ1) is 15.3. The molecular weight excluding hydrogens is 313 g/mol. The Morgan fingerprint density at radius 2 is 1.96 bits per heavy atom. The van der Waals surface area contributed by atoms with Gasteiger partial charge in [0.2, 0.25) is 0 Å². The minimum Gasteiger partial charge on any atom is -0.347 e. The molecule has 0 spiro atoms. The number of rotatable bonds is 4. The molecule has 3 aromatic rings. The number of amides is 1. The number of aryl methyl sites for hydroxylation is 1. The van der Waals surface area contributed by atoms with Gasteiger partial charge in [0.1, 0.15) is 16.5 Å². The molecule has 0 aliphatic rings. The van der Waals surface area contributed by atoms with Crippen LogP contribution in [0.5, 0.6) is 0 Å². The van der Waals surface area contributed by atoms with Crippen molar-refractivity contribution < 1.29 is 9.18 Å². The SMILES string of the molecule is Cc1sc(-c2ccccc2F)nc1C(=O)NCc1ccncc1. The predicted molar refractivity (Wildman–Crippen MR) is 87.7 cm³/mol. The van der Waals surface area contributed by atoms with E-state index in [1.165, 1.54) is 17.4 Å². The van der Waals surface area contributed by atoms with E-state index < -0.39 is 0 Å². The van der Waals surface area contributed by atoms with Gasteiger partial charge in [-0.05, 0) is 36.8 Å². The predicted octanol–water partition coefficient (Wildman–Crippen LogP) is 3.58. The van der Waals surface area contributed by atoms with Crippen molar-refractivity contribution in [3.63, 3.8) is 0 Å². The quantitative estimate of drug-likeness (QED) is 0.797. The Kier molecular flexibility index (Phi) is 4.43. The summed E-state index contributed by atoms with van der Waals surface area (Å²) in [6.07, 6.45) is 3.34. The highest BCUT2D eigenvalue weighted by Crippen LogP contribution is 2.29. The van der Waals surface area contributed by atoms with Crippen LogP contribution in [0.15, 0.2) is 48.8 Å². The van der Waals surface area contributed by atoms with E-state index in [1.54, 1.807) is 30.6 Å². The van der Waals surface area contributed by atoms with Crippen LogP contribution in [0.4, 0.5) is 4.39 Å². The summed E-state index contributed by atoms with van der Waals surface area (Å²) in [5, 5.41) is 3.33. The lowest BCUT2D eigenvalue weighted by atomic mass is 10.2. The molecule has 0 atom stereocenters. The van der Waals surface area contributed by atoms with Gasteiger partial charge < -0.3 is 5.32 Å². The van der Waals surface area contributed by atoms with E-state index in [0.29, 0.717) is 22.8 Å². The van der Waals surface area contributed by atoms with Crippen LogP contribution >= 0.6 is 11.3 Å². The van der Waals surface area contributed by atoms with Gasteiger partial charge in [0.15, 0.2) is 0 Å². The summed E-state index contributed by atoms with van der Waals surface area (Å²) in [7, 11) is 0. The summed E-state index contributed by atoms with van der Waals surface area (Å²) in [6.45, 7) is 2.21. The van der Waals surface area contributed by atoms with Crippen LogP contribution in [-0.2, 0) is 6.54 Å². The zero-order chi connectivity index (χ0) is 16.2. The molecule has 23 heavy (non-hydrogen) atoms. The van der Waals surface area contributed by atoms with Gasteiger partial charge in [0.25, 0.3) is 5.91 Å². The van der Waals surface area contributed by atoms with Crippen molar-refractivity contribution in [1.29, 1.82) is 0 Å². The molecule has 2 aromatic heterocycles. The third kappa shape index (κ3) is 3.43. The first-order chi connectivity index (χ1) is 11.1. The molecule has 0 bridgehead atoms. The highest BCUT2D eigenvalue weighted by molar-refractivity contribution is 7.15. The number of benzene rings is 1. The second-order valence-corrected chi connectivity index (χ2v) is 6.14. The van der Waals surface area contributed by atoms with E-state index in [1.807, 2.05) is 19.1 Å². The van der Waals surface area contributed by atoms with Crippen molar-refractivity contribution in [2.24, 2.45) is 0 Å². The summed E-state index contributed by atoms with van der Waals surface area (Å²) in [6, 6.07) is 10.1. The number of carbonyl (C=O) groups excluding carboxylic acids is 1. The smallest absolute Gasteiger partial charge is 0.271 e. The van der Waals surface area contributed by atoms with Gasteiger partial charge in [0.05, 0.1) is 0 Å². The molecule has 0 radical (unpaired) electrons. The lowest BCUT2D eigenvalue weighted by Gasteiger charge is -2.03. The minimum absolute atomic E-state index is 0.266. The molecule has 0 unspecified atom stereocenters. The number of carbonyl (C=O) groups is 1. The topological polar surface area (TPSA) is 54.9 Å². The van der Waals surface area contributed by atoms with E-state index in [2.05, 4.69) is 15.3 Å². The van der Waals surface area contributed by atoms with Crippen molar-refractivity contribution in [2.45, 2.75) is 13.5 Å². The minimum atomic E-state index is -0.343. The van der Waals surface area contributed by atoms with Crippen LogP contribution in [0.3, 0.4) is 0 Å². The Morgan fingerprint density at radius 1 is 1.22 bits per heavy atom. The van der Waals surface area contributed by atoms with Gasteiger partial charge in [-0.3, -0.25) is 9.78 Å². The number of pyridine rings is 1. The largest absolute Gasteiger partial charge is 0.347 e. The summed E-state index contributed by atoms with van der Waals surface area (Å²) in [5.41, 5.74) is 1.70. The number of halogens is 1. The molecule has 1 amide bonds. The van der Waals surface area contributed by atoms with E-state index in [0.717, 1.165) is 10.4 Å². The number of nitrogens with zero attached hydrogens (tertiary/aromatic N) is 2. The summed E-state index contributed by atoms with van der Waals surface area (Å²) >= 11 is 1.31. The monoisotopic (exact) mass is 327 g/mol. The van der Waals surface area contributed by atoms with Crippen LogP contribution in [0.25, 0.3) is 10.6 Å². The van der Waals surface area contributed by atoms with E-state index in [9.17, 15) is 9.18 Å². The average molecular weight is 327 g/mol. The van der Waals surface area contributed by atoms with Gasteiger partial charge in [0, 0.05) is 29.4 Å². The number of hydrogen-bond acceptors (Lipinski definition) is 4. The fraction of sp³-hybridized carbons (Fsp3) is 0.118. The zero-order valence-corrected chi connectivity index (χ0v) is 13.2. The standard InChI is InChI=1S/C17H14FN3OS/c1-11-15(16(22)20-10-12-6-8-19-9-7-12)21-17(23-11)13-4-2-3-5-14(13)18/h2-9H,10H2,1H3,(H,20,22). The molecule has 0 fully saturated rings. The summed E-state index contributed by atoms with van der Waals surface area (Å²) in [4.78, 5) is 21.3. The number of aromatic nitrogens is 2. The van der Waals surface area contributed by atoms with Crippen molar-refractivity contribution in [2.75, 3.05) is 0 Å². The van der Waals surface area contributed by atoms with Gasteiger partial charge >= 0.3 is 0 Å². The molecule has 0 aliphatic heterocycles. The first-order valence-corrected chi connectivity index (χ1v) is 7.86. The molecule has 2 heterocycles. The molecular formula is C17H14FN3OS. The normalized spacial score (nSPS) is 10.5. The van der Waals surface area contributed by atoms with Crippen LogP contribution in [0.2, 0.25) is 0 Å². The van der Waals surface area contributed by atoms with E-state index in [4.69, 9.17) is 0 Å². The van der Waals surface area contributed by atoms with E-state index in [-0.39, 0.29) is 11.7 Å². The fourth-order valence-corrected chi connectivity index (χ4v) is 3.06. The number of thiazole rings is 1. The van der Waals surface area contributed by atoms with Gasteiger partial charge in [-0.15, -0.1) is 11.3 Å². The third-order valence-electron chi connectivity index (χ3n) is 3.32. The number of nitrogens with one attached hydrogen (secondary N) is 1. The van der Waals surface area contributed by atoms with Crippen molar-refractivity contribution in [3.8, 4) is 10.6 Å². The Hall–Kier alpha value is -2.60. The maximum Gasteiger partial charge on any atom is 0.271 e. The van der Waals surface area contributed by atoms with Crippen molar-refractivity contribution in [3.05, 3.63) is 70.7 Å². The lowest BCUT2D eigenvalue weighted by Crippen LogP contribution is -2.23. The highest BCUT2D eigenvalue weighted by Gasteiger charge is 2.17. The molecule has 6 heteroatoms. The van der Waals surface area contributed by atoms with Crippen LogP contribution < -0.4 is 5.32 Å². The Labute approximate surface area is 137 Å². The Balaban J connectivity index is 1.78. The Morgan fingerprint density at radius 3 is 2.70 bits per heavy atom.